The minimum absolute atomic E-state index is 0.103. The highest BCUT2D eigenvalue weighted by Crippen LogP contribution is 2.18. The predicted octanol–water partition coefficient (Wildman–Crippen LogP) is 2.61. The Morgan fingerprint density at radius 3 is 2.59 bits per heavy atom. The topological polar surface area (TPSA) is 55.3 Å². The average Bonchev–Trinajstić information content (AvgIpc) is 2.99. The molecular formula is C15H17N3O2S2. The van der Waals surface area contributed by atoms with E-state index in [1.54, 1.807) is 0 Å². The first-order valence-corrected chi connectivity index (χ1v) is 9.00. The molecule has 0 N–H and O–H groups in total. The molecule has 0 aliphatic carbocycles. The van der Waals surface area contributed by atoms with Crippen LogP contribution in [-0.4, -0.2) is 44.1 Å². The third kappa shape index (κ3) is 3.59. The van der Waals surface area contributed by atoms with Crippen LogP contribution in [0.5, 0.6) is 5.75 Å². The van der Waals surface area contributed by atoms with Crippen molar-refractivity contribution in [1.29, 1.82) is 0 Å². The molecule has 0 saturated carbocycles. The lowest BCUT2D eigenvalue weighted by atomic mass is 10.2. The van der Waals surface area contributed by atoms with Crippen molar-refractivity contribution in [3.63, 3.8) is 0 Å². The molecule has 5 nitrogen and oxygen atoms in total. The molecule has 22 heavy (non-hydrogen) atoms. The second-order valence-corrected chi connectivity index (χ2v) is 6.77. The zero-order valence-corrected chi connectivity index (χ0v) is 14.0. The van der Waals surface area contributed by atoms with Gasteiger partial charge < -0.3 is 9.64 Å². The van der Waals surface area contributed by atoms with Crippen molar-refractivity contribution in [3.05, 3.63) is 41.2 Å². The lowest BCUT2D eigenvalue weighted by Gasteiger charge is -2.26. The third-order valence-corrected chi connectivity index (χ3v) is 5.12. The molecule has 0 bridgehead atoms. The molecule has 1 aliphatic heterocycles. The fourth-order valence-corrected chi connectivity index (χ4v) is 3.63. The van der Waals surface area contributed by atoms with E-state index in [-0.39, 0.29) is 5.91 Å². The number of ether oxygens (including phenoxy) is 1. The van der Waals surface area contributed by atoms with Crippen LogP contribution < -0.4 is 4.74 Å². The molecule has 3 rings (SSSR count). The summed E-state index contributed by atoms with van der Waals surface area (Å²) in [4.78, 5) is 14.3. The number of thioether (sulfide) groups is 1. The van der Waals surface area contributed by atoms with Crippen molar-refractivity contribution < 1.29 is 9.53 Å². The summed E-state index contributed by atoms with van der Waals surface area (Å²) in [5, 5.41) is 0. The maximum atomic E-state index is 12.4. The first kappa shape index (κ1) is 15.3. The van der Waals surface area contributed by atoms with Gasteiger partial charge in [-0.1, -0.05) is 0 Å². The summed E-state index contributed by atoms with van der Waals surface area (Å²) in [5.41, 5.74) is 2.47. The normalized spacial score (nSPS) is 14.9. The van der Waals surface area contributed by atoms with Gasteiger partial charge in [-0.3, -0.25) is 4.79 Å². The Balaban J connectivity index is 1.60. The van der Waals surface area contributed by atoms with Crippen LogP contribution in [0.15, 0.2) is 24.3 Å². The average molecular weight is 335 g/mol. The molecule has 1 aromatic carbocycles. The number of carbonyl (C=O) groups excluding carboxylic acids is 1. The van der Waals surface area contributed by atoms with Gasteiger partial charge in [0.1, 0.15) is 18.1 Å². The molecule has 0 unspecified atom stereocenters. The predicted molar refractivity (Wildman–Crippen MR) is 88.6 cm³/mol. The number of rotatable bonds is 4. The molecule has 2 heterocycles. The molecule has 1 fully saturated rings. The van der Waals surface area contributed by atoms with E-state index in [0.29, 0.717) is 12.2 Å². The van der Waals surface area contributed by atoms with Gasteiger partial charge in [0, 0.05) is 30.2 Å². The minimum atomic E-state index is 0.103. The zero-order valence-electron chi connectivity index (χ0n) is 12.3. The first-order valence-electron chi connectivity index (χ1n) is 7.12. The largest absolute Gasteiger partial charge is 0.487 e. The van der Waals surface area contributed by atoms with E-state index in [2.05, 4.69) is 8.75 Å². The summed E-state index contributed by atoms with van der Waals surface area (Å²) in [6, 6.07) is 7.32. The number of hydrogen-bond donors (Lipinski definition) is 0. The van der Waals surface area contributed by atoms with Crippen molar-refractivity contribution in [3.8, 4) is 5.75 Å². The summed E-state index contributed by atoms with van der Waals surface area (Å²) in [7, 11) is 0. The van der Waals surface area contributed by atoms with Crippen LogP contribution in [0.4, 0.5) is 0 Å². The molecule has 0 atom stereocenters. The van der Waals surface area contributed by atoms with E-state index in [9.17, 15) is 4.79 Å². The number of hydrogen-bond acceptors (Lipinski definition) is 6. The molecular weight excluding hydrogens is 318 g/mol. The fraction of sp³-hybridized carbons (Fsp3) is 0.400. The van der Waals surface area contributed by atoms with Crippen LogP contribution >= 0.6 is 23.5 Å². The van der Waals surface area contributed by atoms with Crippen molar-refractivity contribution >= 4 is 29.4 Å². The molecule has 116 valence electrons. The van der Waals surface area contributed by atoms with Crippen molar-refractivity contribution in [2.24, 2.45) is 0 Å². The number of nitrogens with zero attached hydrogens (tertiary/aromatic N) is 3. The maximum Gasteiger partial charge on any atom is 0.253 e. The Morgan fingerprint density at radius 2 is 1.95 bits per heavy atom. The number of aromatic nitrogens is 2. The summed E-state index contributed by atoms with van der Waals surface area (Å²) in [6.07, 6.45) is 0. The van der Waals surface area contributed by atoms with E-state index >= 15 is 0 Å². The van der Waals surface area contributed by atoms with Gasteiger partial charge in [0.15, 0.2) is 0 Å². The molecule has 1 saturated heterocycles. The molecule has 2 aromatic rings. The summed E-state index contributed by atoms with van der Waals surface area (Å²) in [6.45, 7) is 3.98. The van der Waals surface area contributed by atoms with E-state index < -0.39 is 0 Å². The quantitative estimate of drug-likeness (QED) is 0.860. The van der Waals surface area contributed by atoms with Gasteiger partial charge in [0.25, 0.3) is 5.91 Å². The first-order chi connectivity index (χ1) is 10.7. The molecule has 7 heteroatoms. The third-order valence-electron chi connectivity index (χ3n) is 3.52. The fourth-order valence-electron chi connectivity index (χ4n) is 2.17. The van der Waals surface area contributed by atoms with Crippen LogP contribution in [0.25, 0.3) is 0 Å². The minimum Gasteiger partial charge on any atom is -0.487 e. The number of amides is 1. The van der Waals surface area contributed by atoms with Crippen LogP contribution in [-0.2, 0) is 6.61 Å². The van der Waals surface area contributed by atoms with Gasteiger partial charge >= 0.3 is 0 Å². The number of benzene rings is 1. The highest BCUT2D eigenvalue weighted by Gasteiger charge is 2.18. The van der Waals surface area contributed by atoms with Crippen molar-refractivity contribution in [2.75, 3.05) is 24.6 Å². The zero-order chi connectivity index (χ0) is 15.4. The van der Waals surface area contributed by atoms with E-state index in [0.717, 1.165) is 41.7 Å². The Kier molecular flexibility index (Phi) is 4.94. The Labute approximate surface area is 138 Å². The molecule has 1 amide bonds. The Morgan fingerprint density at radius 1 is 1.23 bits per heavy atom. The number of aryl methyl sites for hydroxylation is 1. The van der Waals surface area contributed by atoms with Gasteiger partial charge in [0.2, 0.25) is 0 Å². The molecule has 0 spiro atoms. The summed E-state index contributed by atoms with van der Waals surface area (Å²) >= 11 is 3.09. The summed E-state index contributed by atoms with van der Waals surface area (Å²) in [5.74, 6) is 2.88. The lowest BCUT2D eigenvalue weighted by molar-refractivity contribution is 0.0772. The van der Waals surface area contributed by atoms with Crippen LogP contribution in [0, 0.1) is 6.92 Å². The molecule has 1 aliphatic rings. The smallest absolute Gasteiger partial charge is 0.253 e. The Bertz CT molecular complexity index is 636. The Hall–Kier alpha value is -1.60. The van der Waals surface area contributed by atoms with Gasteiger partial charge in [0.05, 0.1) is 17.4 Å². The highest BCUT2D eigenvalue weighted by atomic mass is 32.2. The maximum absolute atomic E-state index is 12.4. The monoisotopic (exact) mass is 335 g/mol. The number of carbonyl (C=O) groups is 1. The van der Waals surface area contributed by atoms with Gasteiger partial charge in [-0.2, -0.15) is 20.5 Å². The highest BCUT2D eigenvalue weighted by molar-refractivity contribution is 7.99. The molecule has 0 radical (unpaired) electrons. The molecule has 1 aromatic heterocycles. The van der Waals surface area contributed by atoms with Crippen molar-refractivity contribution in [1.82, 2.24) is 13.6 Å². The van der Waals surface area contributed by atoms with E-state index in [1.807, 2.05) is 47.9 Å². The SMILES string of the molecule is Cc1nsnc1COc1ccc(C(=O)N2CCSCC2)cc1. The summed E-state index contributed by atoms with van der Waals surface area (Å²) < 4.78 is 14.0. The second-order valence-electron chi connectivity index (χ2n) is 5.01. The van der Waals surface area contributed by atoms with E-state index in [4.69, 9.17) is 4.74 Å². The lowest BCUT2D eigenvalue weighted by Crippen LogP contribution is -2.37. The van der Waals surface area contributed by atoms with Gasteiger partial charge in [-0.05, 0) is 31.2 Å². The van der Waals surface area contributed by atoms with E-state index in [1.165, 1.54) is 11.7 Å². The van der Waals surface area contributed by atoms with Gasteiger partial charge in [-0.25, -0.2) is 0 Å². The van der Waals surface area contributed by atoms with Gasteiger partial charge in [-0.15, -0.1) is 0 Å². The van der Waals surface area contributed by atoms with Crippen LogP contribution in [0.3, 0.4) is 0 Å². The standard InChI is InChI=1S/C15H17N3O2S2/c1-11-14(17-22-16-11)10-20-13-4-2-12(3-5-13)15(19)18-6-8-21-9-7-18/h2-5H,6-10H2,1H3. The van der Waals surface area contributed by atoms with Crippen molar-refractivity contribution in [2.45, 2.75) is 13.5 Å². The second kappa shape index (κ2) is 7.11. The van der Waals surface area contributed by atoms with Crippen LogP contribution in [0.2, 0.25) is 0 Å². The van der Waals surface area contributed by atoms with Crippen LogP contribution in [0.1, 0.15) is 21.7 Å².